The van der Waals surface area contributed by atoms with Gasteiger partial charge in [0.15, 0.2) is 0 Å². The molecule has 2 atom stereocenters. The number of likely N-dealkylation sites (tertiary alicyclic amines) is 1. The van der Waals surface area contributed by atoms with Gasteiger partial charge >= 0.3 is 0 Å². The van der Waals surface area contributed by atoms with E-state index in [9.17, 15) is 19.5 Å². The molecule has 1 heterocycles. The number of amides is 3. The van der Waals surface area contributed by atoms with Gasteiger partial charge in [0.05, 0.1) is 5.56 Å². The first-order valence-corrected chi connectivity index (χ1v) is 9.51. The minimum Gasteiger partial charge on any atom is -0.507 e. The highest BCUT2D eigenvalue weighted by molar-refractivity contribution is 5.97. The van der Waals surface area contributed by atoms with Crippen molar-refractivity contribution in [1.82, 2.24) is 15.1 Å². The molecule has 27 heavy (non-hydrogen) atoms. The number of phenolic OH excluding ortho intramolecular Hbond substituents is 1. The Bertz CT molecular complexity index is 715. The molecule has 1 aliphatic heterocycles. The molecule has 0 saturated carbocycles. The van der Waals surface area contributed by atoms with Crippen LogP contribution in [0, 0.1) is 6.92 Å². The molecule has 0 spiro atoms. The number of hydrogen-bond acceptors (Lipinski definition) is 4. The lowest BCUT2D eigenvalue weighted by atomic mass is 10.1. The van der Waals surface area contributed by atoms with Gasteiger partial charge in [-0.3, -0.25) is 14.4 Å². The van der Waals surface area contributed by atoms with Crippen LogP contribution in [-0.4, -0.2) is 64.3 Å². The number of nitrogens with one attached hydrogen (secondary N) is 1. The van der Waals surface area contributed by atoms with Crippen LogP contribution in [0.1, 0.15) is 49.5 Å². The predicted octanol–water partition coefficient (Wildman–Crippen LogP) is 1.68. The molecule has 2 rings (SSSR count). The lowest BCUT2D eigenvalue weighted by Crippen LogP contribution is -2.47. The molecule has 0 aliphatic carbocycles. The van der Waals surface area contributed by atoms with Crippen LogP contribution in [0.5, 0.6) is 5.75 Å². The molecule has 1 aromatic rings. The fourth-order valence-electron chi connectivity index (χ4n) is 3.50. The molecule has 1 fully saturated rings. The number of benzene rings is 1. The zero-order chi connectivity index (χ0) is 20.1. The Labute approximate surface area is 160 Å². The molecule has 3 amide bonds. The van der Waals surface area contributed by atoms with Crippen molar-refractivity contribution in [2.75, 3.05) is 19.6 Å². The third kappa shape index (κ3) is 4.59. The summed E-state index contributed by atoms with van der Waals surface area (Å²) >= 11 is 0. The first-order valence-electron chi connectivity index (χ1n) is 9.51. The van der Waals surface area contributed by atoms with Crippen molar-refractivity contribution >= 4 is 17.7 Å². The summed E-state index contributed by atoms with van der Waals surface area (Å²) in [5.41, 5.74) is 1.04. The minimum absolute atomic E-state index is 0.0808. The maximum absolute atomic E-state index is 12.8. The highest BCUT2D eigenvalue weighted by atomic mass is 16.3. The molecule has 0 unspecified atom stereocenters. The van der Waals surface area contributed by atoms with Crippen LogP contribution < -0.4 is 5.32 Å². The van der Waals surface area contributed by atoms with Gasteiger partial charge in [-0.25, -0.2) is 0 Å². The average molecular weight is 375 g/mol. The number of likely N-dealkylation sites (N-methyl/N-ethyl adjacent to an activating group) is 1. The summed E-state index contributed by atoms with van der Waals surface area (Å²) in [4.78, 5) is 40.9. The number of phenols is 1. The van der Waals surface area contributed by atoms with Crippen LogP contribution in [0.25, 0.3) is 0 Å². The maximum Gasteiger partial charge on any atom is 0.255 e. The molecule has 148 valence electrons. The summed E-state index contributed by atoms with van der Waals surface area (Å²) in [6.45, 7) is 8.85. The quantitative estimate of drug-likeness (QED) is 0.792. The van der Waals surface area contributed by atoms with E-state index in [0.717, 1.165) is 5.56 Å². The molecular formula is C20H29N3O4. The van der Waals surface area contributed by atoms with Crippen molar-refractivity contribution in [3.8, 4) is 5.75 Å². The van der Waals surface area contributed by atoms with E-state index >= 15 is 0 Å². The first-order chi connectivity index (χ1) is 12.8. The molecule has 7 heteroatoms. The third-order valence-electron chi connectivity index (χ3n) is 5.02. The fourth-order valence-corrected chi connectivity index (χ4v) is 3.50. The molecule has 0 bridgehead atoms. The molecule has 1 aliphatic rings. The smallest absolute Gasteiger partial charge is 0.255 e. The minimum atomic E-state index is -0.561. The van der Waals surface area contributed by atoms with Gasteiger partial charge in [-0.15, -0.1) is 0 Å². The number of aromatic hydroxyl groups is 1. The van der Waals surface area contributed by atoms with Gasteiger partial charge in [0.1, 0.15) is 11.8 Å². The molecule has 7 nitrogen and oxygen atoms in total. The highest BCUT2D eigenvalue weighted by Crippen LogP contribution is 2.23. The van der Waals surface area contributed by atoms with Crippen LogP contribution in [0.15, 0.2) is 18.2 Å². The third-order valence-corrected chi connectivity index (χ3v) is 5.02. The second kappa shape index (κ2) is 8.88. The molecule has 0 radical (unpaired) electrons. The van der Waals surface area contributed by atoms with Crippen molar-refractivity contribution in [1.29, 1.82) is 0 Å². The zero-order valence-electron chi connectivity index (χ0n) is 16.5. The Balaban J connectivity index is 2.15. The maximum atomic E-state index is 12.8. The van der Waals surface area contributed by atoms with Crippen molar-refractivity contribution in [2.45, 2.75) is 52.6 Å². The van der Waals surface area contributed by atoms with E-state index in [2.05, 4.69) is 5.32 Å². The normalized spacial score (nSPS) is 19.0. The van der Waals surface area contributed by atoms with Crippen molar-refractivity contribution in [2.24, 2.45) is 0 Å². The van der Waals surface area contributed by atoms with Crippen LogP contribution >= 0.6 is 0 Å². The largest absolute Gasteiger partial charge is 0.507 e. The van der Waals surface area contributed by atoms with Crippen LogP contribution in [0.3, 0.4) is 0 Å². The Morgan fingerprint density at radius 2 is 1.89 bits per heavy atom. The van der Waals surface area contributed by atoms with Crippen molar-refractivity contribution in [3.63, 3.8) is 0 Å². The highest BCUT2D eigenvalue weighted by Gasteiger charge is 2.41. The molecule has 0 aromatic heterocycles. The van der Waals surface area contributed by atoms with Crippen molar-refractivity contribution < 1.29 is 19.5 Å². The Kier molecular flexibility index (Phi) is 6.82. The summed E-state index contributed by atoms with van der Waals surface area (Å²) in [7, 11) is 0. The Morgan fingerprint density at radius 1 is 1.22 bits per heavy atom. The average Bonchev–Trinajstić information content (AvgIpc) is 3.05. The predicted molar refractivity (Wildman–Crippen MR) is 102 cm³/mol. The molecule has 2 N–H and O–H groups in total. The zero-order valence-corrected chi connectivity index (χ0v) is 16.5. The molecular weight excluding hydrogens is 346 g/mol. The van der Waals surface area contributed by atoms with E-state index in [0.29, 0.717) is 32.5 Å². The number of carbonyl (C=O) groups excluding carboxylic acids is 3. The topological polar surface area (TPSA) is 90.0 Å². The second-order valence-electron chi connectivity index (χ2n) is 6.85. The van der Waals surface area contributed by atoms with E-state index in [4.69, 9.17) is 0 Å². The summed E-state index contributed by atoms with van der Waals surface area (Å²) in [5, 5.41) is 12.9. The number of nitrogens with zero attached hydrogens (tertiary/aromatic N) is 2. The number of rotatable bonds is 6. The van der Waals surface area contributed by atoms with Crippen LogP contribution in [0.4, 0.5) is 0 Å². The number of carbonyl (C=O) groups is 3. The SMILES string of the molecule is CCC(=O)N1C[C@H](NC(=O)c2ccc(C)cc2O)C[C@H]1C(=O)N(CC)CC. The first kappa shape index (κ1) is 20.7. The summed E-state index contributed by atoms with van der Waals surface area (Å²) in [6.07, 6.45) is 0.681. The fraction of sp³-hybridized carbons (Fsp3) is 0.550. The lowest BCUT2D eigenvalue weighted by molar-refractivity contribution is -0.143. The van der Waals surface area contributed by atoms with E-state index in [1.807, 2.05) is 20.8 Å². The number of aryl methyl sites for hydroxylation is 1. The Hall–Kier alpha value is -2.57. The second-order valence-corrected chi connectivity index (χ2v) is 6.85. The number of hydrogen-bond donors (Lipinski definition) is 2. The van der Waals surface area contributed by atoms with Gasteiger partial charge in [0, 0.05) is 32.1 Å². The van der Waals surface area contributed by atoms with Gasteiger partial charge in [0.25, 0.3) is 5.91 Å². The van der Waals surface area contributed by atoms with Crippen molar-refractivity contribution in [3.05, 3.63) is 29.3 Å². The van der Waals surface area contributed by atoms with Gasteiger partial charge in [0.2, 0.25) is 11.8 Å². The summed E-state index contributed by atoms with van der Waals surface area (Å²) in [6, 6.07) is 3.96. The Morgan fingerprint density at radius 3 is 2.44 bits per heavy atom. The van der Waals surface area contributed by atoms with Gasteiger partial charge < -0.3 is 20.2 Å². The summed E-state index contributed by atoms with van der Waals surface area (Å²) in [5.74, 6) is -0.674. The van der Waals surface area contributed by atoms with E-state index in [-0.39, 0.29) is 29.2 Å². The molecule has 1 aromatic carbocycles. The van der Waals surface area contributed by atoms with Gasteiger partial charge in [-0.2, -0.15) is 0 Å². The summed E-state index contributed by atoms with van der Waals surface area (Å²) < 4.78 is 0. The van der Waals surface area contributed by atoms with Gasteiger partial charge in [-0.05, 0) is 44.9 Å². The van der Waals surface area contributed by atoms with E-state index < -0.39 is 11.9 Å². The van der Waals surface area contributed by atoms with E-state index in [1.54, 1.807) is 28.9 Å². The van der Waals surface area contributed by atoms with Crippen LogP contribution in [-0.2, 0) is 9.59 Å². The molecule has 1 saturated heterocycles. The van der Waals surface area contributed by atoms with Gasteiger partial charge in [-0.1, -0.05) is 13.0 Å². The standard InChI is InChI=1S/C20H29N3O4/c1-5-18(25)23-12-14(11-16(23)20(27)22(6-2)7-3)21-19(26)15-9-8-13(4)10-17(15)24/h8-10,14,16,24H,5-7,11-12H2,1-4H3,(H,21,26)/t14-,16+/m1/s1. The lowest BCUT2D eigenvalue weighted by Gasteiger charge is -2.28. The van der Waals surface area contributed by atoms with E-state index in [1.165, 1.54) is 6.07 Å². The monoisotopic (exact) mass is 375 g/mol. The van der Waals surface area contributed by atoms with Crippen LogP contribution in [0.2, 0.25) is 0 Å².